The Kier molecular flexibility index (Phi) is 2.57. The van der Waals surface area contributed by atoms with Gasteiger partial charge in [-0.05, 0) is 26.0 Å². The Morgan fingerprint density at radius 2 is 2.00 bits per heavy atom. The van der Waals surface area contributed by atoms with Gasteiger partial charge >= 0.3 is 0 Å². The van der Waals surface area contributed by atoms with E-state index in [4.69, 9.17) is 0 Å². The highest BCUT2D eigenvalue weighted by Crippen LogP contribution is 2.40. The van der Waals surface area contributed by atoms with Crippen molar-refractivity contribution in [1.29, 1.82) is 0 Å². The van der Waals surface area contributed by atoms with Crippen LogP contribution in [0, 0.1) is 0 Å². The van der Waals surface area contributed by atoms with Crippen LogP contribution in [0.15, 0.2) is 18.2 Å². The summed E-state index contributed by atoms with van der Waals surface area (Å²) in [5.41, 5.74) is 4.71. The van der Waals surface area contributed by atoms with E-state index in [1.54, 1.807) is 0 Å². The van der Waals surface area contributed by atoms with Gasteiger partial charge in [-0.25, -0.2) is 4.58 Å². The number of hydrogen-bond donors (Lipinski definition) is 1. The van der Waals surface area contributed by atoms with E-state index in [2.05, 4.69) is 49.8 Å². The molecule has 0 unspecified atom stereocenters. The first-order chi connectivity index (χ1) is 7.84. The summed E-state index contributed by atoms with van der Waals surface area (Å²) >= 11 is 0. The van der Waals surface area contributed by atoms with Crippen LogP contribution >= 0.6 is 0 Å². The van der Waals surface area contributed by atoms with Crippen LogP contribution in [0.2, 0.25) is 0 Å². The fraction of sp³-hybridized carbons (Fsp3) is 0.429. The summed E-state index contributed by atoms with van der Waals surface area (Å²) in [5, 5.41) is 2.84. The first kappa shape index (κ1) is 11.8. The molecule has 3 nitrogen and oxygen atoms in total. The third-order valence-corrected chi connectivity index (χ3v) is 3.76. The van der Waals surface area contributed by atoms with Crippen molar-refractivity contribution in [2.24, 2.45) is 0 Å². The lowest BCUT2D eigenvalue weighted by atomic mass is 9.82. The van der Waals surface area contributed by atoms with Gasteiger partial charge in [0.25, 0.3) is 0 Å². The SMILES string of the molecule is CC(=O)Nc1ccc2c(c1)C(C)(C)C(C)=[N+]2C. The van der Waals surface area contributed by atoms with Gasteiger partial charge in [-0.3, -0.25) is 4.79 Å². The van der Waals surface area contributed by atoms with Crippen LogP contribution in [0.4, 0.5) is 11.4 Å². The van der Waals surface area contributed by atoms with E-state index >= 15 is 0 Å². The monoisotopic (exact) mass is 231 g/mol. The maximum Gasteiger partial charge on any atom is 0.221 e. The fourth-order valence-corrected chi connectivity index (χ4v) is 2.40. The van der Waals surface area contributed by atoms with Crippen LogP contribution in [0.3, 0.4) is 0 Å². The molecule has 3 heteroatoms. The lowest BCUT2D eigenvalue weighted by molar-refractivity contribution is -0.403. The maximum atomic E-state index is 11.1. The number of carbonyl (C=O) groups excluding carboxylic acids is 1. The minimum atomic E-state index is -0.0326. The van der Waals surface area contributed by atoms with Gasteiger partial charge in [-0.15, -0.1) is 0 Å². The van der Waals surface area contributed by atoms with E-state index in [0.717, 1.165) is 5.69 Å². The predicted octanol–water partition coefficient (Wildman–Crippen LogP) is 2.67. The molecule has 0 aromatic heterocycles. The summed E-state index contributed by atoms with van der Waals surface area (Å²) in [5.74, 6) is -0.0326. The number of carbonyl (C=O) groups is 1. The van der Waals surface area contributed by atoms with Crippen LogP contribution in [0.5, 0.6) is 0 Å². The highest BCUT2D eigenvalue weighted by Gasteiger charge is 2.41. The van der Waals surface area contributed by atoms with Crippen molar-refractivity contribution in [3.8, 4) is 0 Å². The molecule has 0 bridgehead atoms. The van der Waals surface area contributed by atoms with Crippen LogP contribution < -0.4 is 5.32 Å². The van der Waals surface area contributed by atoms with Crippen molar-refractivity contribution in [2.75, 3.05) is 12.4 Å². The minimum absolute atomic E-state index is 0.0264. The maximum absolute atomic E-state index is 11.1. The van der Waals surface area contributed by atoms with Gasteiger partial charge < -0.3 is 5.32 Å². The average molecular weight is 231 g/mol. The summed E-state index contributed by atoms with van der Waals surface area (Å²) in [6.45, 7) is 8.10. The van der Waals surface area contributed by atoms with E-state index < -0.39 is 0 Å². The Bertz CT molecular complexity index is 527. The lowest BCUT2D eigenvalue weighted by Crippen LogP contribution is -2.25. The van der Waals surface area contributed by atoms with E-state index in [-0.39, 0.29) is 11.3 Å². The van der Waals surface area contributed by atoms with E-state index in [1.807, 2.05) is 6.07 Å². The second-order valence-corrected chi connectivity index (χ2v) is 5.18. The molecule has 2 rings (SSSR count). The Hall–Kier alpha value is -1.64. The fourth-order valence-electron chi connectivity index (χ4n) is 2.40. The van der Waals surface area contributed by atoms with Crippen LogP contribution in [-0.4, -0.2) is 23.2 Å². The van der Waals surface area contributed by atoms with E-state index in [1.165, 1.54) is 23.9 Å². The van der Waals surface area contributed by atoms with Crippen LogP contribution in [-0.2, 0) is 10.2 Å². The molecule has 1 aromatic rings. The Labute approximate surface area is 102 Å². The molecule has 0 radical (unpaired) electrons. The smallest absolute Gasteiger partial charge is 0.221 e. The Balaban J connectivity index is 2.52. The number of amides is 1. The molecule has 0 aliphatic carbocycles. The summed E-state index contributed by atoms with van der Waals surface area (Å²) in [6, 6.07) is 6.09. The van der Waals surface area contributed by atoms with Crippen molar-refractivity contribution >= 4 is 23.0 Å². The van der Waals surface area contributed by atoms with Crippen molar-refractivity contribution in [2.45, 2.75) is 33.1 Å². The molecule has 0 saturated carbocycles. The molecule has 0 atom stereocenters. The summed E-state index contributed by atoms with van der Waals surface area (Å²) < 4.78 is 2.22. The predicted molar refractivity (Wildman–Crippen MR) is 70.3 cm³/mol. The number of hydrogen-bond acceptors (Lipinski definition) is 1. The van der Waals surface area contributed by atoms with Gasteiger partial charge in [0.15, 0.2) is 5.71 Å². The quantitative estimate of drug-likeness (QED) is 0.740. The van der Waals surface area contributed by atoms with Gasteiger partial charge in [0.05, 0.1) is 5.41 Å². The number of nitrogens with zero attached hydrogens (tertiary/aromatic N) is 1. The minimum Gasteiger partial charge on any atom is -0.326 e. The lowest BCUT2D eigenvalue weighted by Gasteiger charge is -2.15. The molecule has 0 fully saturated rings. The van der Waals surface area contributed by atoms with Gasteiger partial charge in [-0.1, -0.05) is 0 Å². The molecule has 1 N–H and O–H groups in total. The van der Waals surface area contributed by atoms with Gasteiger partial charge in [-0.2, -0.15) is 0 Å². The van der Waals surface area contributed by atoms with E-state index in [9.17, 15) is 4.79 Å². The van der Waals surface area contributed by atoms with Crippen molar-refractivity contribution in [3.63, 3.8) is 0 Å². The molecule has 1 aromatic carbocycles. The summed E-state index contributed by atoms with van der Waals surface area (Å²) in [4.78, 5) is 11.1. The molecule has 0 spiro atoms. The first-order valence-electron chi connectivity index (χ1n) is 5.84. The molecule has 1 aliphatic rings. The zero-order chi connectivity index (χ0) is 12.8. The highest BCUT2D eigenvalue weighted by atomic mass is 16.1. The molecule has 1 amide bonds. The standard InChI is InChI=1S/C14H18N2O/c1-9-14(3,4)12-8-11(15-10(2)17)6-7-13(12)16(9)5/h6-8H,1-5H3/p+1. The largest absolute Gasteiger partial charge is 0.326 e. The van der Waals surface area contributed by atoms with Crippen LogP contribution in [0.25, 0.3) is 0 Å². The second kappa shape index (κ2) is 3.69. The number of fused-ring (bicyclic) bond motifs is 1. The van der Waals surface area contributed by atoms with Gasteiger partial charge in [0, 0.05) is 31.2 Å². The Morgan fingerprint density at radius 1 is 1.35 bits per heavy atom. The third-order valence-electron chi connectivity index (χ3n) is 3.76. The molecule has 1 aliphatic heterocycles. The van der Waals surface area contributed by atoms with Gasteiger partial charge in [0.1, 0.15) is 7.05 Å². The molecular formula is C14H19N2O+. The van der Waals surface area contributed by atoms with Crippen molar-refractivity contribution in [1.82, 2.24) is 0 Å². The third kappa shape index (κ3) is 1.75. The highest BCUT2D eigenvalue weighted by molar-refractivity contribution is 5.95. The van der Waals surface area contributed by atoms with Crippen molar-refractivity contribution in [3.05, 3.63) is 23.8 Å². The molecule has 0 saturated heterocycles. The zero-order valence-corrected chi connectivity index (χ0v) is 11.1. The molecular weight excluding hydrogens is 212 g/mol. The summed E-state index contributed by atoms with van der Waals surface area (Å²) in [7, 11) is 2.08. The second-order valence-electron chi connectivity index (χ2n) is 5.18. The zero-order valence-electron chi connectivity index (χ0n) is 11.1. The molecule has 90 valence electrons. The number of nitrogens with one attached hydrogen (secondary N) is 1. The number of benzene rings is 1. The van der Waals surface area contributed by atoms with Crippen molar-refractivity contribution < 1.29 is 9.37 Å². The summed E-state index contributed by atoms with van der Waals surface area (Å²) in [6.07, 6.45) is 0. The topological polar surface area (TPSA) is 32.1 Å². The van der Waals surface area contributed by atoms with Crippen LogP contribution in [0.1, 0.15) is 33.3 Å². The molecule has 17 heavy (non-hydrogen) atoms. The van der Waals surface area contributed by atoms with E-state index in [0.29, 0.717) is 0 Å². The Morgan fingerprint density at radius 3 is 2.59 bits per heavy atom. The normalized spacial score (nSPS) is 17.0. The molecule has 1 heterocycles. The average Bonchev–Trinajstić information content (AvgIpc) is 2.40. The van der Waals surface area contributed by atoms with Gasteiger partial charge in [0.2, 0.25) is 11.6 Å². The first-order valence-corrected chi connectivity index (χ1v) is 5.84. The number of rotatable bonds is 1. The number of anilines is 1.